The molecule has 0 spiro atoms. The maximum atomic E-state index is 11.0. The van der Waals surface area contributed by atoms with Gasteiger partial charge in [0.1, 0.15) is 0 Å². The van der Waals surface area contributed by atoms with Gasteiger partial charge in [-0.1, -0.05) is 28.1 Å². The molecule has 1 amide bonds. The van der Waals surface area contributed by atoms with Gasteiger partial charge in [-0.3, -0.25) is 4.79 Å². The third-order valence-electron chi connectivity index (χ3n) is 2.32. The molecule has 0 radical (unpaired) electrons. The second-order valence-corrected chi connectivity index (χ2v) is 4.17. The molecule has 0 bridgehead atoms. The molecule has 1 heterocycles. The van der Waals surface area contributed by atoms with Crippen LogP contribution in [0.5, 0.6) is 0 Å². The molecular formula is C10H10BrNO. The number of halogens is 1. The van der Waals surface area contributed by atoms with E-state index in [-0.39, 0.29) is 5.91 Å². The number of nitrogens with one attached hydrogen (secondary N) is 1. The zero-order valence-electron chi connectivity index (χ0n) is 7.09. The van der Waals surface area contributed by atoms with Gasteiger partial charge < -0.3 is 5.32 Å². The Hall–Kier alpha value is -0.830. The van der Waals surface area contributed by atoms with Crippen LogP contribution in [0.15, 0.2) is 28.7 Å². The van der Waals surface area contributed by atoms with Crippen molar-refractivity contribution in [3.63, 3.8) is 0 Å². The van der Waals surface area contributed by atoms with Crippen molar-refractivity contribution in [3.8, 4) is 0 Å². The summed E-state index contributed by atoms with van der Waals surface area (Å²) >= 11 is 3.38. The molecule has 1 saturated heterocycles. The predicted molar refractivity (Wildman–Crippen MR) is 54.5 cm³/mol. The van der Waals surface area contributed by atoms with Crippen LogP contribution >= 0.6 is 15.9 Å². The molecule has 3 heteroatoms. The van der Waals surface area contributed by atoms with Crippen LogP contribution in [-0.4, -0.2) is 12.5 Å². The molecular weight excluding hydrogens is 230 g/mol. The second kappa shape index (κ2) is 3.50. The largest absolute Gasteiger partial charge is 0.355 e. The highest BCUT2D eigenvalue weighted by atomic mass is 79.9. The molecule has 1 fully saturated rings. The summed E-state index contributed by atoms with van der Waals surface area (Å²) in [7, 11) is 0. The minimum absolute atomic E-state index is 0.160. The quantitative estimate of drug-likeness (QED) is 0.799. The summed E-state index contributed by atoms with van der Waals surface area (Å²) in [5.74, 6) is 0.522. The van der Waals surface area contributed by atoms with Gasteiger partial charge in [-0.25, -0.2) is 0 Å². The molecule has 2 nitrogen and oxygen atoms in total. The summed E-state index contributed by atoms with van der Waals surface area (Å²) in [5, 5.41) is 2.83. The Morgan fingerprint density at radius 1 is 1.31 bits per heavy atom. The number of amides is 1. The molecule has 0 unspecified atom stereocenters. The summed E-state index contributed by atoms with van der Waals surface area (Å²) in [6.07, 6.45) is 0.627. The van der Waals surface area contributed by atoms with E-state index in [0.29, 0.717) is 12.3 Å². The van der Waals surface area contributed by atoms with Crippen molar-refractivity contribution < 1.29 is 4.79 Å². The van der Waals surface area contributed by atoms with Crippen LogP contribution in [-0.2, 0) is 4.79 Å². The first-order valence-corrected chi connectivity index (χ1v) is 5.07. The van der Waals surface area contributed by atoms with Crippen molar-refractivity contribution in [3.05, 3.63) is 34.3 Å². The monoisotopic (exact) mass is 239 g/mol. The van der Waals surface area contributed by atoms with E-state index >= 15 is 0 Å². The van der Waals surface area contributed by atoms with Gasteiger partial charge in [-0.15, -0.1) is 0 Å². The normalized spacial score (nSPS) is 21.6. The molecule has 68 valence electrons. The first kappa shape index (κ1) is 8.75. The molecule has 2 rings (SSSR count). The third kappa shape index (κ3) is 1.91. The lowest BCUT2D eigenvalue weighted by Crippen LogP contribution is -2.13. The molecule has 1 aliphatic heterocycles. The van der Waals surface area contributed by atoms with E-state index in [0.717, 1.165) is 11.0 Å². The Morgan fingerprint density at radius 2 is 2.00 bits per heavy atom. The van der Waals surface area contributed by atoms with Crippen molar-refractivity contribution in [2.45, 2.75) is 12.3 Å². The van der Waals surface area contributed by atoms with E-state index < -0.39 is 0 Å². The summed E-state index contributed by atoms with van der Waals surface area (Å²) in [6.45, 7) is 0.778. The Kier molecular flexibility index (Phi) is 2.36. The number of carbonyl (C=O) groups excluding carboxylic acids is 1. The van der Waals surface area contributed by atoms with E-state index in [1.807, 2.05) is 12.1 Å². The minimum atomic E-state index is 0.160. The van der Waals surface area contributed by atoms with E-state index in [2.05, 4.69) is 33.4 Å². The van der Waals surface area contributed by atoms with Crippen molar-refractivity contribution in [1.29, 1.82) is 0 Å². The van der Waals surface area contributed by atoms with Gasteiger partial charge in [-0.05, 0) is 17.7 Å². The van der Waals surface area contributed by atoms with Crippen molar-refractivity contribution in [1.82, 2.24) is 5.32 Å². The highest BCUT2D eigenvalue weighted by Crippen LogP contribution is 2.24. The van der Waals surface area contributed by atoms with Gasteiger partial charge in [0.15, 0.2) is 0 Å². The first-order chi connectivity index (χ1) is 6.25. The number of carbonyl (C=O) groups is 1. The van der Waals surface area contributed by atoms with E-state index in [4.69, 9.17) is 0 Å². The molecule has 1 atom stereocenters. The van der Waals surface area contributed by atoms with Gasteiger partial charge in [0, 0.05) is 23.4 Å². The fourth-order valence-electron chi connectivity index (χ4n) is 1.58. The topological polar surface area (TPSA) is 29.1 Å². The molecule has 0 aromatic heterocycles. The maximum Gasteiger partial charge on any atom is 0.220 e. The lowest BCUT2D eigenvalue weighted by atomic mass is 9.99. The van der Waals surface area contributed by atoms with Crippen LogP contribution in [0.2, 0.25) is 0 Å². The zero-order chi connectivity index (χ0) is 9.26. The average Bonchev–Trinajstić information content (AvgIpc) is 2.53. The summed E-state index contributed by atoms with van der Waals surface area (Å²) < 4.78 is 1.08. The Morgan fingerprint density at radius 3 is 2.54 bits per heavy atom. The van der Waals surface area contributed by atoms with Crippen molar-refractivity contribution in [2.24, 2.45) is 0 Å². The van der Waals surface area contributed by atoms with E-state index in [1.165, 1.54) is 5.56 Å². The van der Waals surface area contributed by atoms with Gasteiger partial charge in [0.25, 0.3) is 0 Å². The SMILES string of the molecule is O=C1C[C@H](c2ccc(Br)cc2)CN1. The van der Waals surface area contributed by atoms with Gasteiger partial charge in [0.05, 0.1) is 0 Å². The fourth-order valence-corrected chi connectivity index (χ4v) is 1.84. The van der Waals surface area contributed by atoms with Crippen LogP contribution in [0.1, 0.15) is 17.9 Å². The number of benzene rings is 1. The average molecular weight is 240 g/mol. The van der Waals surface area contributed by atoms with Crippen LogP contribution < -0.4 is 5.32 Å². The summed E-state index contributed by atoms with van der Waals surface area (Å²) in [5.41, 5.74) is 1.24. The number of hydrogen-bond donors (Lipinski definition) is 1. The molecule has 0 saturated carbocycles. The van der Waals surface area contributed by atoms with Crippen molar-refractivity contribution >= 4 is 21.8 Å². The van der Waals surface area contributed by atoms with Gasteiger partial charge >= 0.3 is 0 Å². The Bertz CT molecular complexity index is 320. The molecule has 1 aromatic carbocycles. The molecule has 0 aliphatic carbocycles. The third-order valence-corrected chi connectivity index (χ3v) is 2.85. The summed E-state index contributed by atoms with van der Waals surface area (Å²) in [4.78, 5) is 11.0. The highest BCUT2D eigenvalue weighted by molar-refractivity contribution is 9.10. The maximum absolute atomic E-state index is 11.0. The molecule has 1 N–H and O–H groups in total. The van der Waals surface area contributed by atoms with Gasteiger partial charge in [-0.2, -0.15) is 0 Å². The Balaban J connectivity index is 2.17. The second-order valence-electron chi connectivity index (χ2n) is 3.26. The van der Waals surface area contributed by atoms with Crippen LogP contribution in [0.3, 0.4) is 0 Å². The molecule has 1 aromatic rings. The lowest BCUT2D eigenvalue weighted by Gasteiger charge is -2.06. The predicted octanol–water partition coefficient (Wildman–Crippen LogP) is 2.05. The van der Waals surface area contributed by atoms with E-state index in [9.17, 15) is 4.79 Å². The number of hydrogen-bond acceptors (Lipinski definition) is 1. The minimum Gasteiger partial charge on any atom is -0.355 e. The van der Waals surface area contributed by atoms with Crippen molar-refractivity contribution in [2.75, 3.05) is 6.54 Å². The molecule has 13 heavy (non-hydrogen) atoms. The Labute approximate surface area is 85.5 Å². The highest BCUT2D eigenvalue weighted by Gasteiger charge is 2.22. The fraction of sp³-hybridized carbons (Fsp3) is 0.300. The smallest absolute Gasteiger partial charge is 0.220 e. The number of rotatable bonds is 1. The van der Waals surface area contributed by atoms with Crippen LogP contribution in [0, 0.1) is 0 Å². The zero-order valence-corrected chi connectivity index (χ0v) is 8.67. The molecule has 1 aliphatic rings. The lowest BCUT2D eigenvalue weighted by molar-refractivity contribution is -0.119. The van der Waals surface area contributed by atoms with Crippen LogP contribution in [0.4, 0.5) is 0 Å². The first-order valence-electron chi connectivity index (χ1n) is 4.28. The standard InChI is InChI=1S/C10H10BrNO/c11-9-3-1-7(2-4-9)8-5-10(13)12-6-8/h1-4,8H,5-6H2,(H,12,13)/t8-/m0/s1. The van der Waals surface area contributed by atoms with Crippen LogP contribution in [0.25, 0.3) is 0 Å². The summed E-state index contributed by atoms with van der Waals surface area (Å²) in [6, 6.07) is 8.15. The van der Waals surface area contributed by atoms with Gasteiger partial charge in [0.2, 0.25) is 5.91 Å². The van der Waals surface area contributed by atoms with E-state index in [1.54, 1.807) is 0 Å².